The number of hydrogen-bond acceptors (Lipinski definition) is 1. The Morgan fingerprint density at radius 2 is 2.00 bits per heavy atom. The molecule has 1 aliphatic carbocycles. The Kier molecular flexibility index (Phi) is 2.91. The molecule has 0 fully saturated rings. The molecule has 0 aliphatic heterocycles. The van der Waals surface area contributed by atoms with Crippen LogP contribution < -0.4 is 0 Å². The third kappa shape index (κ3) is 2.22. The van der Waals surface area contributed by atoms with E-state index in [0.717, 1.165) is 6.42 Å². The number of allylic oxidation sites excluding steroid dienone is 2. The van der Waals surface area contributed by atoms with Gasteiger partial charge in [-0.05, 0) is 18.9 Å². The van der Waals surface area contributed by atoms with Gasteiger partial charge in [0.15, 0.2) is 0 Å². The minimum absolute atomic E-state index is 0.191. The fourth-order valence-corrected chi connectivity index (χ4v) is 1.87. The van der Waals surface area contributed by atoms with E-state index in [1.807, 2.05) is 19.1 Å². The largest absolute Gasteiger partial charge is 0.478 e. The molecule has 2 heteroatoms. The van der Waals surface area contributed by atoms with Crippen LogP contribution in [0.25, 0.3) is 0 Å². The summed E-state index contributed by atoms with van der Waals surface area (Å²) in [6.07, 6.45) is 6.30. The Morgan fingerprint density at radius 1 is 1.31 bits per heavy atom. The molecular formula is C14H14O2. The topological polar surface area (TPSA) is 37.3 Å². The fraction of sp³-hybridized carbons (Fsp3) is 0.214. The predicted octanol–water partition coefficient (Wildman–Crippen LogP) is 3.05. The maximum atomic E-state index is 10.9. The quantitative estimate of drug-likeness (QED) is 0.821. The molecule has 0 saturated heterocycles. The molecule has 1 N–H and O–H groups in total. The van der Waals surface area contributed by atoms with Crippen molar-refractivity contribution < 1.29 is 9.90 Å². The van der Waals surface area contributed by atoms with Gasteiger partial charge in [0.25, 0.3) is 0 Å². The third-order valence-corrected chi connectivity index (χ3v) is 2.82. The summed E-state index contributed by atoms with van der Waals surface area (Å²) in [5, 5.41) is 8.93. The second-order valence-corrected chi connectivity index (χ2v) is 4.08. The second-order valence-electron chi connectivity index (χ2n) is 4.08. The Hall–Kier alpha value is -1.83. The molecule has 1 aliphatic rings. The van der Waals surface area contributed by atoms with E-state index in [4.69, 9.17) is 5.11 Å². The van der Waals surface area contributed by atoms with Crippen molar-refractivity contribution in [1.82, 2.24) is 0 Å². The van der Waals surface area contributed by atoms with Crippen LogP contribution in [-0.2, 0) is 4.79 Å². The molecule has 0 radical (unpaired) electrons. The highest BCUT2D eigenvalue weighted by Crippen LogP contribution is 2.27. The molecular weight excluding hydrogens is 200 g/mol. The van der Waals surface area contributed by atoms with E-state index in [-0.39, 0.29) is 5.92 Å². The van der Waals surface area contributed by atoms with Gasteiger partial charge in [0, 0.05) is 5.92 Å². The zero-order valence-corrected chi connectivity index (χ0v) is 9.18. The van der Waals surface area contributed by atoms with Gasteiger partial charge in [0.1, 0.15) is 0 Å². The summed E-state index contributed by atoms with van der Waals surface area (Å²) >= 11 is 0. The van der Waals surface area contributed by atoms with Crippen molar-refractivity contribution in [3.63, 3.8) is 0 Å². The average Bonchev–Trinajstić information content (AvgIpc) is 2.30. The molecule has 1 atom stereocenters. The van der Waals surface area contributed by atoms with Gasteiger partial charge in [0.05, 0.1) is 5.57 Å². The molecule has 16 heavy (non-hydrogen) atoms. The van der Waals surface area contributed by atoms with Gasteiger partial charge in [-0.15, -0.1) is 0 Å². The zero-order valence-electron chi connectivity index (χ0n) is 9.18. The normalized spacial score (nSPS) is 19.3. The summed E-state index contributed by atoms with van der Waals surface area (Å²) in [6.45, 7) is 2.04. The summed E-state index contributed by atoms with van der Waals surface area (Å²) < 4.78 is 0. The lowest BCUT2D eigenvalue weighted by Gasteiger charge is -2.15. The fourth-order valence-electron chi connectivity index (χ4n) is 1.87. The van der Waals surface area contributed by atoms with Crippen LogP contribution in [0.15, 0.2) is 48.1 Å². The smallest absolute Gasteiger partial charge is 0.335 e. The van der Waals surface area contributed by atoms with E-state index in [2.05, 4.69) is 24.3 Å². The summed E-state index contributed by atoms with van der Waals surface area (Å²) in [5.41, 5.74) is 2.78. The third-order valence-electron chi connectivity index (χ3n) is 2.82. The van der Waals surface area contributed by atoms with Gasteiger partial charge in [-0.1, -0.05) is 48.1 Å². The number of aryl methyl sites for hydroxylation is 1. The molecule has 82 valence electrons. The van der Waals surface area contributed by atoms with Gasteiger partial charge in [-0.2, -0.15) is 0 Å². The summed E-state index contributed by atoms with van der Waals surface area (Å²) in [4.78, 5) is 10.9. The lowest BCUT2D eigenvalue weighted by Crippen LogP contribution is -2.05. The van der Waals surface area contributed by atoms with Crippen molar-refractivity contribution >= 4 is 5.97 Å². The van der Waals surface area contributed by atoms with Crippen LogP contribution in [0.2, 0.25) is 0 Å². The van der Waals surface area contributed by atoms with Crippen LogP contribution >= 0.6 is 0 Å². The number of carbonyl (C=O) groups is 1. The second kappa shape index (κ2) is 4.35. The lowest BCUT2D eigenvalue weighted by atomic mass is 9.89. The zero-order chi connectivity index (χ0) is 11.5. The maximum Gasteiger partial charge on any atom is 0.335 e. The van der Waals surface area contributed by atoms with Crippen LogP contribution in [0.1, 0.15) is 23.5 Å². The highest BCUT2D eigenvalue weighted by Gasteiger charge is 2.14. The monoisotopic (exact) mass is 214 g/mol. The van der Waals surface area contributed by atoms with Crippen molar-refractivity contribution in [2.24, 2.45) is 0 Å². The standard InChI is InChI=1S/C14H14O2/c1-10-5-7-11(8-6-10)12-3-2-4-13(9-12)14(15)16/h2,4-9,12H,3H2,1H3,(H,15,16). The molecule has 1 aromatic rings. The molecule has 0 heterocycles. The Balaban J connectivity index is 2.26. The summed E-state index contributed by atoms with van der Waals surface area (Å²) in [6, 6.07) is 8.24. The number of rotatable bonds is 2. The average molecular weight is 214 g/mol. The first-order valence-corrected chi connectivity index (χ1v) is 5.35. The highest BCUT2D eigenvalue weighted by molar-refractivity contribution is 5.90. The van der Waals surface area contributed by atoms with Gasteiger partial charge in [0.2, 0.25) is 0 Å². The van der Waals surface area contributed by atoms with Gasteiger partial charge in [-0.3, -0.25) is 0 Å². The van der Waals surface area contributed by atoms with Crippen molar-refractivity contribution in [3.8, 4) is 0 Å². The first-order valence-electron chi connectivity index (χ1n) is 5.35. The van der Waals surface area contributed by atoms with E-state index >= 15 is 0 Å². The van der Waals surface area contributed by atoms with Crippen LogP contribution in [0.4, 0.5) is 0 Å². The van der Waals surface area contributed by atoms with Crippen LogP contribution in [0.3, 0.4) is 0 Å². The van der Waals surface area contributed by atoms with Gasteiger partial charge >= 0.3 is 5.97 Å². The van der Waals surface area contributed by atoms with Crippen molar-refractivity contribution in [2.75, 3.05) is 0 Å². The van der Waals surface area contributed by atoms with E-state index < -0.39 is 5.97 Å². The maximum absolute atomic E-state index is 10.9. The number of aliphatic carboxylic acids is 1. The van der Waals surface area contributed by atoms with E-state index in [1.165, 1.54) is 11.1 Å². The molecule has 2 nitrogen and oxygen atoms in total. The SMILES string of the molecule is Cc1ccc(C2C=C(C(=O)O)C=CC2)cc1. The van der Waals surface area contributed by atoms with Crippen molar-refractivity contribution in [3.05, 3.63) is 59.2 Å². The number of benzene rings is 1. The first kappa shape index (κ1) is 10.7. The van der Waals surface area contributed by atoms with Gasteiger partial charge in [-0.25, -0.2) is 4.79 Å². The number of carboxylic acid groups (broad SMARTS) is 1. The van der Waals surface area contributed by atoms with Crippen molar-refractivity contribution in [2.45, 2.75) is 19.3 Å². The molecule has 0 amide bonds. The molecule has 0 aromatic heterocycles. The summed E-state index contributed by atoms with van der Waals surface area (Å²) in [5.74, 6) is -0.662. The highest BCUT2D eigenvalue weighted by atomic mass is 16.4. The Labute approximate surface area is 94.9 Å². The Bertz CT molecular complexity index is 452. The van der Waals surface area contributed by atoms with E-state index in [1.54, 1.807) is 6.08 Å². The molecule has 2 rings (SSSR count). The van der Waals surface area contributed by atoms with Gasteiger partial charge < -0.3 is 5.11 Å². The molecule has 1 aromatic carbocycles. The Morgan fingerprint density at radius 3 is 2.62 bits per heavy atom. The summed E-state index contributed by atoms with van der Waals surface area (Å²) in [7, 11) is 0. The molecule has 0 spiro atoms. The van der Waals surface area contributed by atoms with Crippen LogP contribution in [0.5, 0.6) is 0 Å². The predicted molar refractivity (Wildman–Crippen MR) is 63.4 cm³/mol. The van der Waals surface area contributed by atoms with E-state index in [0.29, 0.717) is 5.57 Å². The molecule has 1 unspecified atom stereocenters. The first-order chi connectivity index (χ1) is 7.66. The van der Waals surface area contributed by atoms with Crippen LogP contribution in [0, 0.1) is 6.92 Å². The number of hydrogen-bond donors (Lipinski definition) is 1. The van der Waals surface area contributed by atoms with Crippen molar-refractivity contribution in [1.29, 1.82) is 0 Å². The number of carboxylic acids is 1. The van der Waals surface area contributed by atoms with E-state index in [9.17, 15) is 4.79 Å². The minimum Gasteiger partial charge on any atom is -0.478 e. The van der Waals surface area contributed by atoms with Crippen LogP contribution in [-0.4, -0.2) is 11.1 Å². The molecule has 0 saturated carbocycles. The lowest BCUT2D eigenvalue weighted by molar-refractivity contribution is -0.132. The molecule has 0 bridgehead atoms. The minimum atomic E-state index is -0.854.